The molecule has 1 N–H and O–H groups in total. The van der Waals surface area contributed by atoms with Crippen molar-refractivity contribution in [3.05, 3.63) is 141 Å². The Morgan fingerprint density at radius 3 is 1.88 bits per heavy atom. The maximum atomic E-state index is 13.3. The number of nitro groups is 1. The van der Waals surface area contributed by atoms with E-state index in [1.165, 1.54) is 36.4 Å². The predicted molar refractivity (Wildman–Crippen MR) is 152 cm³/mol. The highest BCUT2D eigenvalue weighted by molar-refractivity contribution is 6.05. The summed E-state index contributed by atoms with van der Waals surface area (Å²) in [4.78, 5) is 49.5. The number of hydrogen-bond acceptors (Lipinski definition) is 6. The van der Waals surface area contributed by atoms with Gasteiger partial charge in [-0.1, -0.05) is 63.2 Å². The van der Waals surface area contributed by atoms with Gasteiger partial charge >= 0.3 is 5.97 Å². The number of nitro benzene ring substituents is 1. The lowest BCUT2D eigenvalue weighted by molar-refractivity contribution is -0.384. The first-order valence-corrected chi connectivity index (χ1v) is 12.6. The molecule has 8 heteroatoms. The third-order valence-electron chi connectivity index (χ3n) is 6.32. The minimum absolute atomic E-state index is 0.0252. The molecule has 0 aliphatic rings. The van der Waals surface area contributed by atoms with Crippen molar-refractivity contribution in [1.82, 2.24) is 0 Å². The van der Waals surface area contributed by atoms with Crippen molar-refractivity contribution < 1.29 is 24.0 Å². The third-order valence-corrected chi connectivity index (χ3v) is 6.32. The fourth-order valence-corrected chi connectivity index (χ4v) is 3.99. The number of non-ortho nitro benzene ring substituents is 1. The summed E-state index contributed by atoms with van der Waals surface area (Å²) in [6, 6.07) is 27.1. The van der Waals surface area contributed by atoms with Crippen molar-refractivity contribution in [2.45, 2.75) is 32.3 Å². The molecule has 4 aromatic carbocycles. The first-order valence-electron chi connectivity index (χ1n) is 12.6. The van der Waals surface area contributed by atoms with Crippen molar-refractivity contribution in [2.75, 3.05) is 5.32 Å². The molecule has 0 aliphatic carbocycles. The summed E-state index contributed by atoms with van der Waals surface area (Å²) in [5.74, 6) is -1.52. The molecule has 0 spiro atoms. The minimum Gasteiger partial charge on any atom is -0.445 e. The molecular formula is C32H28N2O6. The Morgan fingerprint density at radius 2 is 1.32 bits per heavy atom. The van der Waals surface area contributed by atoms with Crippen LogP contribution in [0.25, 0.3) is 0 Å². The molecule has 0 radical (unpaired) electrons. The second kappa shape index (κ2) is 11.7. The average Bonchev–Trinajstić information content (AvgIpc) is 2.96. The molecule has 0 unspecified atom stereocenters. The average molecular weight is 537 g/mol. The predicted octanol–water partition coefficient (Wildman–Crippen LogP) is 6.93. The van der Waals surface area contributed by atoms with Crippen LogP contribution in [0.2, 0.25) is 0 Å². The molecular weight excluding hydrogens is 508 g/mol. The van der Waals surface area contributed by atoms with E-state index in [1.807, 2.05) is 12.1 Å². The molecule has 0 saturated heterocycles. The van der Waals surface area contributed by atoms with Crippen LogP contribution < -0.4 is 5.32 Å². The molecule has 0 aromatic heterocycles. The van der Waals surface area contributed by atoms with E-state index in [2.05, 4.69) is 26.1 Å². The number of ether oxygens (including phenoxy) is 1. The van der Waals surface area contributed by atoms with Crippen LogP contribution in [-0.2, 0) is 10.2 Å². The van der Waals surface area contributed by atoms with E-state index in [0.717, 1.165) is 5.56 Å². The summed E-state index contributed by atoms with van der Waals surface area (Å²) < 4.78 is 5.62. The van der Waals surface area contributed by atoms with Crippen molar-refractivity contribution in [1.29, 1.82) is 0 Å². The van der Waals surface area contributed by atoms with E-state index in [1.54, 1.807) is 54.6 Å². The smallest absolute Gasteiger partial charge is 0.339 e. The van der Waals surface area contributed by atoms with E-state index >= 15 is 0 Å². The summed E-state index contributed by atoms with van der Waals surface area (Å²) >= 11 is 0. The zero-order chi connectivity index (χ0) is 28.9. The van der Waals surface area contributed by atoms with Gasteiger partial charge < -0.3 is 10.1 Å². The van der Waals surface area contributed by atoms with Gasteiger partial charge in [0.25, 0.3) is 11.6 Å². The first-order chi connectivity index (χ1) is 19.0. The molecule has 0 fully saturated rings. The lowest BCUT2D eigenvalue weighted by Crippen LogP contribution is -2.20. The van der Waals surface area contributed by atoms with Gasteiger partial charge in [-0.05, 0) is 59.5 Å². The highest BCUT2D eigenvalue weighted by atomic mass is 16.6. The van der Waals surface area contributed by atoms with Crippen LogP contribution in [0.15, 0.2) is 103 Å². The van der Waals surface area contributed by atoms with Gasteiger partial charge in [0.2, 0.25) is 5.78 Å². The maximum Gasteiger partial charge on any atom is 0.339 e. The number of benzene rings is 4. The molecule has 0 heterocycles. The van der Waals surface area contributed by atoms with Crippen LogP contribution in [0.4, 0.5) is 11.4 Å². The molecule has 1 amide bonds. The quantitative estimate of drug-likeness (QED) is 0.113. The highest BCUT2D eigenvalue weighted by Crippen LogP contribution is 2.27. The van der Waals surface area contributed by atoms with Crippen LogP contribution in [-0.4, -0.2) is 22.6 Å². The minimum atomic E-state index is -1.31. The van der Waals surface area contributed by atoms with E-state index in [0.29, 0.717) is 22.4 Å². The number of carbonyl (C=O) groups is 3. The summed E-state index contributed by atoms with van der Waals surface area (Å²) in [5.41, 5.74) is 2.72. The largest absolute Gasteiger partial charge is 0.445 e. The van der Waals surface area contributed by atoms with Gasteiger partial charge in [-0.3, -0.25) is 19.7 Å². The second-order valence-corrected chi connectivity index (χ2v) is 10.2. The number of ketones is 1. The van der Waals surface area contributed by atoms with Crippen molar-refractivity contribution in [3.63, 3.8) is 0 Å². The van der Waals surface area contributed by atoms with Gasteiger partial charge in [0.1, 0.15) is 0 Å². The lowest BCUT2D eigenvalue weighted by atomic mass is 9.87. The molecule has 4 aromatic rings. The third kappa shape index (κ3) is 6.66. The molecule has 8 nitrogen and oxygen atoms in total. The molecule has 0 saturated carbocycles. The van der Waals surface area contributed by atoms with Gasteiger partial charge in [0, 0.05) is 34.5 Å². The molecule has 0 aliphatic heterocycles. The van der Waals surface area contributed by atoms with E-state index in [4.69, 9.17) is 4.74 Å². The van der Waals surface area contributed by atoms with Crippen LogP contribution in [0, 0.1) is 10.1 Å². The number of Topliss-reactive ketones (excluding diaryl/α,β-unsaturated/α-hetero) is 1. The highest BCUT2D eigenvalue weighted by Gasteiger charge is 2.27. The molecule has 0 bridgehead atoms. The number of rotatable bonds is 8. The Balaban J connectivity index is 1.49. The summed E-state index contributed by atoms with van der Waals surface area (Å²) in [6.45, 7) is 6.29. The van der Waals surface area contributed by atoms with Crippen LogP contribution in [0.5, 0.6) is 0 Å². The number of carbonyl (C=O) groups excluding carboxylic acids is 3. The molecule has 4 rings (SSSR count). The maximum absolute atomic E-state index is 13.3. The number of hydrogen-bond donors (Lipinski definition) is 1. The number of nitrogens with one attached hydrogen (secondary N) is 1. The van der Waals surface area contributed by atoms with Crippen LogP contribution in [0.1, 0.15) is 69.1 Å². The summed E-state index contributed by atoms with van der Waals surface area (Å²) in [5, 5.41) is 13.9. The van der Waals surface area contributed by atoms with Crippen molar-refractivity contribution >= 4 is 29.0 Å². The zero-order valence-electron chi connectivity index (χ0n) is 22.3. The van der Waals surface area contributed by atoms with Gasteiger partial charge in [0.15, 0.2) is 6.10 Å². The van der Waals surface area contributed by atoms with Crippen molar-refractivity contribution in [3.8, 4) is 0 Å². The topological polar surface area (TPSA) is 116 Å². The van der Waals surface area contributed by atoms with E-state index in [9.17, 15) is 24.5 Å². The zero-order valence-corrected chi connectivity index (χ0v) is 22.3. The van der Waals surface area contributed by atoms with Gasteiger partial charge in [-0.2, -0.15) is 0 Å². The monoisotopic (exact) mass is 536 g/mol. The fourth-order valence-electron chi connectivity index (χ4n) is 3.99. The van der Waals surface area contributed by atoms with Crippen molar-refractivity contribution in [2.24, 2.45) is 0 Å². The Bertz CT molecular complexity index is 1520. The molecule has 1 atom stereocenters. The Morgan fingerprint density at radius 1 is 0.750 bits per heavy atom. The van der Waals surface area contributed by atoms with Gasteiger partial charge in [-0.15, -0.1) is 0 Å². The Kier molecular flexibility index (Phi) is 8.19. The summed E-state index contributed by atoms with van der Waals surface area (Å²) in [6.07, 6.45) is -1.31. The van der Waals surface area contributed by atoms with Gasteiger partial charge in [0.05, 0.1) is 10.5 Å². The molecule has 40 heavy (non-hydrogen) atoms. The van der Waals surface area contributed by atoms with E-state index in [-0.39, 0.29) is 22.6 Å². The lowest BCUT2D eigenvalue weighted by Gasteiger charge is -2.19. The normalized spacial score (nSPS) is 11.8. The van der Waals surface area contributed by atoms with Gasteiger partial charge in [-0.25, -0.2) is 4.79 Å². The Labute approximate surface area is 231 Å². The number of anilines is 1. The fraction of sp³-hybridized carbons (Fsp3) is 0.156. The van der Waals surface area contributed by atoms with Crippen LogP contribution >= 0.6 is 0 Å². The standard InChI is InChI=1S/C32H28N2O6/c1-32(2,3)25-15-9-23(10-16-25)30(36)33-26-17-11-24(12-18-26)31(37)40-29(28(35)21-7-5-4-6-8-21)22-13-19-27(20-14-22)34(38)39/h4-20,29H,1-3H3,(H,33,36)/t29-/m1/s1. The SMILES string of the molecule is CC(C)(C)c1ccc(C(=O)Nc2ccc(C(=O)O[C@@H](C(=O)c3ccccc3)c3ccc([N+](=O)[O-])cc3)cc2)cc1. The first kappa shape index (κ1) is 27.9. The van der Waals surface area contributed by atoms with Crippen LogP contribution in [0.3, 0.4) is 0 Å². The second-order valence-electron chi connectivity index (χ2n) is 10.2. The number of amides is 1. The van der Waals surface area contributed by atoms with E-state index < -0.39 is 22.8 Å². The Hall–Kier alpha value is -5.11. The molecule has 202 valence electrons. The summed E-state index contributed by atoms with van der Waals surface area (Å²) in [7, 11) is 0. The number of esters is 1. The number of nitrogens with zero attached hydrogens (tertiary/aromatic N) is 1.